The molecule has 0 unspecified atom stereocenters. The van der Waals surface area contributed by atoms with E-state index in [1.165, 1.54) is 0 Å². The number of oxazole rings is 1. The molecule has 1 saturated heterocycles. The topological polar surface area (TPSA) is 29.3 Å². The Morgan fingerprint density at radius 3 is 2.61 bits per heavy atom. The van der Waals surface area contributed by atoms with Crippen molar-refractivity contribution in [3.8, 4) is 0 Å². The van der Waals surface area contributed by atoms with E-state index in [-0.39, 0.29) is 0 Å². The first kappa shape index (κ1) is 11.7. The van der Waals surface area contributed by atoms with E-state index >= 15 is 0 Å². The predicted octanol–water partition coefficient (Wildman–Crippen LogP) is 3.42. The lowest BCUT2D eigenvalue weighted by molar-refractivity contribution is 0.164. The normalized spacial score (nSPS) is 18.8. The van der Waals surface area contributed by atoms with E-state index < -0.39 is 0 Å². The van der Waals surface area contributed by atoms with E-state index in [1.807, 2.05) is 24.3 Å². The molecule has 96 valence electrons. The van der Waals surface area contributed by atoms with Crippen LogP contribution in [0.2, 0.25) is 0 Å². The van der Waals surface area contributed by atoms with Crippen molar-refractivity contribution in [2.24, 2.45) is 0 Å². The van der Waals surface area contributed by atoms with Crippen molar-refractivity contribution in [3.63, 3.8) is 0 Å². The van der Waals surface area contributed by atoms with Gasteiger partial charge in [0, 0.05) is 12.0 Å². The van der Waals surface area contributed by atoms with Crippen molar-refractivity contribution in [1.82, 2.24) is 9.88 Å². The van der Waals surface area contributed by atoms with E-state index in [2.05, 4.69) is 23.7 Å². The molecule has 0 bridgehead atoms. The Labute approximate surface area is 108 Å². The number of benzene rings is 1. The summed E-state index contributed by atoms with van der Waals surface area (Å²) < 4.78 is 5.87. The number of piperidine rings is 1. The first-order valence-corrected chi connectivity index (χ1v) is 6.83. The zero-order valence-corrected chi connectivity index (χ0v) is 11.1. The fourth-order valence-electron chi connectivity index (χ4n) is 2.73. The van der Waals surface area contributed by atoms with Crippen molar-refractivity contribution >= 4 is 11.1 Å². The van der Waals surface area contributed by atoms with E-state index in [1.54, 1.807) is 0 Å². The molecule has 1 aliphatic heterocycles. The van der Waals surface area contributed by atoms with Gasteiger partial charge in [-0.15, -0.1) is 0 Å². The second-order valence-electron chi connectivity index (χ2n) is 5.42. The maximum atomic E-state index is 5.87. The molecule has 0 aliphatic carbocycles. The van der Waals surface area contributed by atoms with Crippen molar-refractivity contribution in [2.75, 3.05) is 13.1 Å². The van der Waals surface area contributed by atoms with Crippen LogP contribution in [0.3, 0.4) is 0 Å². The number of rotatable bonds is 2. The van der Waals surface area contributed by atoms with Gasteiger partial charge in [0.15, 0.2) is 11.5 Å². The molecule has 1 aromatic carbocycles. The van der Waals surface area contributed by atoms with Gasteiger partial charge in [-0.05, 0) is 51.9 Å². The molecule has 2 heterocycles. The molecule has 3 heteroatoms. The molecular formula is C15H20N2O. The minimum Gasteiger partial charge on any atom is -0.440 e. The molecule has 0 N–H and O–H groups in total. The average molecular weight is 244 g/mol. The van der Waals surface area contributed by atoms with E-state index in [0.717, 1.165) is 42.9 Å². The molecule has 2 aromatic rings. The van der Waals surface area contributed by atoms with Crippen LogP contribution in [0, 0.1) is 0 Å². The lowest BCUT2D eigenvalue weighted by Gasteiger charge is -2.33. The molecule has 0 atom stereocenters. The Kier molecular flexibility index (Phi) is 3.08. The van der Waals surface area contributed by atoms with Crippen LogP contribution in [0.1, 0.15) is 38.5 Å². The van der Waals surface area contributed by atoms with E-state index in [9.17, 15) is 0 Å². The molecule has 1 fully saturated rings. The van der Waals surface area contributed by atoms with Gasteiger partial charge < -0.3 is 9.32 Å². The number of fused-ring (bicyclic) bond motifs is 1. The standard InChI is InChI=1S/C15H20N2O/c1-11(2)17-9-7-12(8-10-17)15-16-13-5-3-4-6-14(13)18-15/h3-6,11-12H,7-10H2,1-2H3. The molecule has 0 radical (unpaired) electrons. The van der Waals surface area contributed by atoms with Gasteiger partial charge in [0.2, 0.25) is 0 Å². The Bertz CT molecular complexity index is 491. The Balaban J connectivity index is 1.76. The average Bonchev–Trinajstić information content (AvgIpc) is 2.82. The first-order valence-electron chi connectivity index (χ1n) is 6.83. The number of hydrogen-bond acceptors (Lipinski definition) is 3. The van der Waals surface area contributed by atoms with Gasteiger partial charge in [-0.2, -0.15) is 0 Å². The second kappa shape index (κ2) is 4.73. The Hall–Kier alpha value is -1.35. The minimum absolute atomic E-state index is 0.493. The van der Waals surface area contributed by atoms with Gasteiger partial charge in [0.25, 0.3) is 0 Å². The van der Waals surface area contributed by atoms with Gasteiger partial charge in [-0.3, -0.25) is 0 Å². The fraction of sp³-hybridized carbons (Fsp3) is 0.533. The highest BCUT2D eigenvalue weighted by atomic mass is 16.3. The molecular weight excluding hydrogens is 224 g/mol. The van der Waals surface area contributed by atoms with Crippen LogP contribution in [0.4, 0.5) is 0 Å². The molecule has 3 nitrogen and oxygen atoms in total. The second-order valence-corrected chi connectivity index (χ2v) is 5.42. The minimum atomic E-state index is 0.493. The number of nitrogens with zero attached hydrogens (tertiary/aromatic N) is 2. The van der Waals surface area contributed by atoms with Gasteiger partial charge in [0.1, 0.15) is 5.52 Å². The molecule has 18 heavy (non-hydrogen) atoms. The number of aromatic nitrogens is 1. The molecule has 0 spiro atoms. The maximum absolute atomic E-state index is 5.87. The zero-order chi connectivity index (χ0) is 12.5. The molecule has 1 aliphatic rings. The third-order valence-electron chi connectivity index (χ3n) is 3.92. The summed E-state index contributed by atoms with van der Waals surface area (Å²) in [6.07, 6.45) is 2.32. The van der Waals surface area contributed by atoms with E-state index in [0.29, 0.717) is 12.0 Å². The van der Waals surface area contributed by atoms with Crippen molar-refractivity contribution in [1.29, 1.82) is 0 Å². The van der Waals surface area contributed by atoms with Crippen LogP contribution in [-0.4, -0.2) is 29.0 Å². The third kappa shape index (κ3) is 2.15. The summed E-state index contributed by atoms with van der Waals surface area (Å²) in [5, 5.41) is 0. The molecule has 0 amide bonds. The van der Waals surface area contributed by atoms with Gasteiger partial charge in [-0.1, -0.05) is 12.1 Å². The summed E-state index contributed by atoms with van der Waals surface area (Å²) in [6.45, 7) is 6.83. The highest BCUT2D eigenvalue weighted by Gasteiger charge is 2.25. The van der Waals surface area contributed by atoms with Crippen LogP contribution in [0.15, 0.2) is 28.7 Å². The van der Waals surface area contributed by atoms with Gasteiger partial charge >= 0.3 is 0 Å². The van der Waals surface area contributed by atoms with E-state index in [4.69, 9.17) is 4.42 Å². The summed E-state index contributed by atoms with van der Waals surface area (Å²) in [7, 11) is 0. The molecule has 0 saturated carbocycles. The summed E-state index contributed by atoms with van der Waals surface area (Å²) in [6, 6.07) is 8.67. The number of likely N-dealkylation sites (tertiary alicyclic amines) is 1. The SMILES string of the molecule is CC(C)N1CCC(c2nc3ccccc3o2)CC1. The van der Waals surface area contributed by atoms with Crippen LogP contribution < -0.4 is 0 Å². The lowest BCUT2D eigenvalue weighted by atomic mass is 9.96. The highest BCUT2D eigenvalue weighted by Crippen LogP contribution is 2.30. The van der Waals surface area contributed by atoms with Gasteiger partial charge in [0.05, 0.1) is 0 Å². The summed E-state index contributed by atoms with van der Waals surface area (Å²) in [4.78, 5) is 7.15. The Morgan fingerprint density at radius 2 is 1.94 bits per heavy atom. The number of hydrogen-bond donors (Lipinski definition) is 0. The van der Waals surface area contributed by atoms with Crippen molar-refractivity contribution in [3.05, 3.63) is 30.2 Å². The van der Waals surface area contributed by atoms with Crippen molar-refractivity contribution in [2.45, 2.75) is 38.6 Å². The fourth-order valence-corrected chi connectivity index (χ4v) is 2.73. The van der Waals surface area contributed by atoms with Crippen LogP contribution in [-0.2, 0) is 0 Å². The van der Waals surface area contributed by atoms with Gasteiger partial charge in [-0.25, -0.2) is 4.98 Å². The zero-order valence-electron chi connectivity index (χ0n) is 11.1. The molecule has 3 rings (SSSR count). The lowest BCUT2D eigenvalue weighted by Crippen LogP contribution is -2.37. The van der Waals surface area contributed by atoms with Crippen LogP contribution in [0.5, 0.6) is 0 Å². The largest absolute Gasteiger partial charge is 0.440 e. The maximum Gasteiger partial charge on any atom is 0.198 e. The predicted molar refractivity (Wildman–Crippen MR) is 72.7 cm³/mol. The monoisotopic (exact) mass is 244 g/mol. The van der Waals surface area contributed by atoms with Crippen LogP contribution >= 0.6 is 0 Å². The smallest absolute Gasteiger partial charge is 0.198 e. The highest BCUT2D eigenvalue weighted by molar-refractivity contribution is 5.72. The molecule has 1 aromatic heterocycles. The van der Waals surface area contributed by atoms with Crippen LogP contribution in [0.25, 0.3) is 11.1 Å². The first-order chi connectivity index (χ1) is 8.74. The number of para-hydroxylation sites is 2. The third-order valence-corrected chi connectivity index (χ3v) is 3.92. The Morgan fingerprint density at radius 1 is 1.22 bits per heavy atom. The summed E-state index contributed by atoms with van der Waals surface area (Å²) in [5.41, 5.74) is 1.90. The summed E-state index contributed by atoms with van der Waals surface area (Å²) in [5.74, 6) is 1.42. The summed E-state index contributed by atoms with van der Waals surface area (Å²) >= 11 is 0. The van der Waals surface area contributed by atoms with Crippen molar-refractivity contribution < 1.29 is 4.42 Å². The quantitative estimate of drug-likeness (QED) is 0.810.